The number of benzene rings is 1. The van der Waals surface area contributed by atoms with Crippen molar-refractivity contribution in [1.82, 2.24) is 14.3 Å². The first-order valence-corrected chi connectivity index (χ1v) is 10.5. The highest BCUT2D eigenvalue weighted by atomic mass is 32.1. The molecule has 0 atom stereocenters. The summed E-state index contributed by atoms with van der Waals surface area (Å²) in [5, 5.41) is 0.964. The SMILES string of the molecule is COc1cccc(Cc2nsc(N3CCCN(C(=O)C4CCC4)CC3)n2)c1. The van der Waals surface area contributed by atoms with Crippen LogP contribution < -0.4 is 9.64 Å². The maximum Gasteiger partial charge on any atom is 0.225 e. The molecule has 1 aliphatic carbocycles. The van der Waals surface area contributed by atoms with Crippen LogP contribution in [0.15, 0.2) is 24.3 Å². The maximum atomic E-state index is 12.5. The number of carbonyl (C=O) groups excluding carboxylic acids is 1. The molecule has 0 radical (unpaired) electrons. The number of aromatic nitrogens is 2. The Morgan fingerprint density at radius 2 is 2.11 bits per heavy atom. The van der Waals surface area contributed by atoms with Gasteiger partial charge in [0.15, 0.2) is 0 Å². The van der Waals surface area contributed by atoms with E-state index in [1.807, 2.05) is 18.2 Å². The average Bonchev–Trinajstić information content (AvgIpc) is 2.95. The van der Waals surface area contributed by atoms with E-state index >= 15 is 0 Å². The Morgan fingerprint density at radius 1 is 1.22 bits per heavy atom. The molecule has 1 saturated carbocycles. The zero-order valence-electron chi connectivity index (χ0n) is 15.8. The van der Waals surface area contributed by atoms with Crippen LogP contribution in [0.1, 0.15) is 37.1 Å². The van der Waals surface area contributed by atoms with Gasteiger partial charge in [0.05, 0.1) is 7.11 Å². The van der Waals surface area contributed by atoms with Gasteiger partial charge in [-0.05, 0) is 37.0 Å². The molecule has 4 rings (SSSR count). The van der Waals surface area contributed by atoms with Crippen LogP contribution in [-0.2, 0) is 11.2 Å². The van der Waals surface area contributed by atoms with Gasteiger partial charge in [-0.15, -0.1) is 0 Å². The number of ether oxygens (including phenoxy) is 1. The van der Waals surface area contributed by atoms with Crippen molar-refractivity contribution in [3.05, 3.63) is 35.7 Å². The lowest BCUT2D eigenvalue weighted by atomic mass is 9.84. The Morgan fingerprint density at radius 3 is 2.89 bits per heavy atom. The van der Waals surface area contributed by atoms with Crippen LogP contribution in [-0.4, -0.2) is 53.5 Å². The number of methoxy groups -OCH3 is 1. The first-order valence-electron chi connectivity index (χ1n) is 9.72. The van der Waals surface area contributed by atoms with E-state index in [4.69, 9.17) is 9.72 Å². The molecule has 0 N–H and O–H groups in total. The van der Waals surface area contributed by atoms with E-state index in [1.54, 1.807) is 7.11 Å². The lowest BCUT2D eigenvalue weighted by Crippen LogP contribution is -2.41. The van der Waals surface area contributed by atoms with Crippen molar-refractivity contribution in [1.29, 1.82) is 0 Å². The van der Waals surface area contributed by atoms with Gasteiger partial charge in [0.2, 0.25) is 11.0 Å². The number of carbonyl (C=O) groups is 1. The number of rotatable bonds is 5. The number of nitrogens with zero attached hydrogens (tertiary/aromatic N) is 4. The molecule has 0 unspecified atom stereocenters. The highest BCUT2D eigenvalue weighted by molar-refractivity contribution is 7.09. The normalized spacial score (nSPS) is 18.1. The second-order valence-electron chi connectivity index (χ2n) is 7.32. The van der Waals surface area contributed by atoms with Crippen molar-refractivity contribution in [3.8, 4) is 5.75 Å². The highest BCUT2D eigenvalue weighted by Gasteiger charge is 2.30. The van der Waals surface area contributed by atoms with E-state index in [-0.39, 0.29) is 5.92 Å². The van der Waals surface area contributed by atoms with Crippen LogP contribution >= 0.6 is 11.5 Å². The number of amides is 1. The molecule has 2 heterocycles. The van der Waals surface area contributed by atoms with Crippen LogP contribution in [0.5, 0.6) is 5.75 Å². The van der Waals surface area contributed by atoms with E-state index < -0.39 is 0 Å². The highest BCUT2D eigenvalue weighted by Crippen LogP contribution is 2.29. The van der Waals surface area contributed by atoms with Gasteiger partial charge >= 0.3 is 0 Å². The Hall–Kier alpha value is -2.15. The van der Waals surface area contributed by atoms with Crippen molar-refractivity contribution >= 4 is 22.6 Å². The van der Waals surface area contributed by atoms with E-state index in [2.05, 4.69) is 20.2 Å². The summed E-state index contributed by atoms with van der Waals surface area (Å²) >= 11 is 1.46. The second-order valence-corrected chi connectivity index (χ2v) is 8.05. The minimum absolute atomic E-state index is 0.285. The number of hydrogen-bond acceptors (Lipinski definition) is 6. The standard InChI is InChI=1S/C20H26N4O2S/c1-26-17-8-2-5-15(13-17)14-18-21-20(27-22-18)24-10-4-9-23(11-12-24)19(25)16-6-3-7-16/h2,5,8,13,16H,3-4,6-7,9-12,14H2,1H3. The van der Waals surface area contributed by atoms with Crippen molar-refractivity contribution in [2.45, 2.75) is 32.1 Å². The van der Waals surface area contributed by atoms with E-state index in [9.17, 15) is 4.79 Å². The lowest BCUT2D eigenvalue weighted by Gasteiger charge is -2.30. The predicted octanol–water partition coefficient (Wildman–Crippen LogP) is 2.98. The van der Waals surface area contributed by atoms with Gasteiger partial charge in [-0.25, -0.2) is 4.98 Å². The molecule has 144 valence electrons. The van der Waals surface area contributed by atoms with E-state index in [1.165, 1.54) is 18.0 Å². The van der Waals surface area contributed by atoms with Crippen molar-refractivity contribution in [2.75, 3.05) is 38.2 Å². The van der Waals surface area contributed by atoms with Gasteiger partial charge in [-0.2, -0.15) is 4.37 Å². The first-order chi connectivity index (χ1) is 13.2. The summed E-state index contributed by atoms with van der Waals surface area (Å²) in [6.07, 6.45) is 5.04. The molecule has 1 amide bonds. The minimum atomic E-state index is 0.285. The van der Waals surface area contributed by atoms with Gasteiger partial charge in [-0.1, -0.05) is 18.6 Å². The summed E-state index contributed by atoms with van der Waals surface area (Å²) in [5.74, 6) is 2.34. The third kappa shape index (κ3) is 4.24. The van der Waals surface area contributed by atoms with Crippen LogP contribution in [0.4, 0.5) is 5.13 Å². The molecule has 7 heteroatoms. The quantitative estimate of drug-likeness (QED) is 0.791. The zero-order chi connectivity index (χ0) is 18.6. The number of anilines is 1. The Labute approximate surface area is 164 Å². The third-order valence-corrected chi connectivity index (χ3v) is 6.30. The molecule has 27 heavy (non-hydrogen) atoms. The Balaban J connectivity index is 1.37. The molecule has 2 aliphatic rings. The fraction of sp³-hybridized carbons (Fsp3) is 0.550. The van der Waals surface area contributed by atoms with Crippen molar-refractivity contribution < 1.29 is 9.53 Å². The second kappa shape index (κ2) is 8.25. The molecule has 1 saturated heterocycles. The molecule has 2 aromatic rings. The van der Waals surface area contributed by atoms with Gasteiger partial charge in [0.1, 0.15) is 11.6 Å². The van der Waals surface area contributed by atoms with Gasteiger partial charge in [-0.3, -0.25) is 4.79 Å². The molecule has 6 nitrogen and oxygen atoms in total. The van der Waals surface area contributed by atoms with E-state index in [0.717, 1.165) is 67.7 Å². The topological polar surface area (TPSA) is 58.6 Å². The largest absolute Gasteiger partial charge is 0.497 e. The Bertz CT molecular complexity index is 790. The molecular formula is C20H26N4O2S. The molecule has 1 aromatic carbocycles. The fourth-order valence-corrected chi connectivity index (χ4v) is 4.39. The minimum Gasteiger partial charge on any atom is -0.497 e. The summed E-state index contributed by atoms with van der Waals surface area (Å²) in [6.45, 7) is 3.43. The zero-order valence-corrected chi connectivity index (χ0v) is 16.6. The molecular weight excluding hydrogens is 360 g/mol. The molecule has 1 aliphatic heterocycles. The average molecular weight is 387 g/mol. The molecule has 1 aromatic heterocycles. The monoisotopic (exact) mass is 386 g/mol. The van der Waals surface area contributed by atoms with Gasteiger partial charge < -0.3 is 14.5 Å². The number of hydrogen-bond donors (Lipinski definition) is 0. The fourth-order valence-electron chi connectivity index (χ4n) is 3.65. The van der Waals surface area contributed by atoms with Crippen LogP contribution in [0, 0.1) is 5.92 Å². The van der Waals surface area contributed by atoms with Gasteiger partial charge in [0, 0.05) is 50.1 Å². The molecule has 0 spiro atoms. The summed E-state index contributed by atoms with van der Waals surface area (Å²) in [4.78, 5) is 21.6. The summed E-state index contributed by atoms with van der Waals surface area (Å²) in [5.41, 5.74) is 1.15. The molecule has 2 fully saturated rings. The van der Waals surface area contributed by atoms with Crippen LogP contribution in [0.25, 0.3) is 0 Å². The predicted molar refractivity (Wildman–Crippen MR) is 106 cm³/mol. The van der Waals surface area contributed by atoms with Gasteiger partial charge in [0.25, 0.3) is 0 Å². The lowest BCUT2D eigenvalue weighted by molar-refractivity contribution is -0.137. The smallest absolute Gasteiger partial charge is 0.225 e. The van der Waals surface area contributed by atoms with Crippen LogP contribution in [0.2, 0.25) is 0 Å². The van der Waals surface area contributed by atoms with Crippen molar-refractivity contribution in [3.63, 3.8) is 0 Å². The van der Waals surface area contributed by atoms with Crippen molar-refractivity contribution in [2.24, 2.45) is 5.92 Å². The summed E-state index contributed by atoms with van der Waals surface area (Å²) in [6, 6.07) is 8.02. The molecule has 0 bridgehead atoms. The third-order valence-electron chi connectivity index (χ3n) is 5.49. The van der Waals surface area contributed by atoms with E-state index in [0.29, 0.717) is 12.3 Å². The van der Waals surface area contributed by atoms with Crippen LogP contribution in [0.3, 0.4) is 0 Å². The first kappa shape index (κ1) is 18.2. The summed E-state index contributed by atoms with van der Waals surface area (Å²) in [7, 11) is 1.68. The maximum absolute atomic E-state index is 12.5. The summed E-state index contributed by atoms with van der Waals surface area (Å²) < 4.78 is 9.83. The Kier molecular flexibility index (Phi) is 5.57.